The number of benzene rings is 1. The first kappa shape index (κ1) is 11.9. The van der Waals surface area contributed by atoms with Crippen LogP contribution >= 0.6 is 15.9 Å². The molecule has 0 spiro atoms. The highest BCUT2D eigenvalue weighted by atomic mass is 79.9. The van der Waals surface area contributed by atoms with Gasteiger partial charge in [-0.05, 0) is 28.4 Å². The van der Waals surface area contributed by atoms with Crippen molar-refractivity contribution in [2.45, 2.75) is 13.5 Å². The summed E-state index contributed by atoms with van der Waals surface area (Å²) in [5, 5.41) is 0. The van der Waals surface area contributed by atoms with Crippen LogP contribution in [0.3, 0.4) is 0 Å². The summed E-state index contributed by atoms with van der Waals surface area (Å²) in [5.41, 5.74) is 1.37. The molecule has 17 heavy (non-hydrogen) atoms. The summed E-state index contributed by atoms with van der Waals surface area (Å²) in [7, 11) is 0. The molecular weight excluding hydrogens is 284 g/mol. The van der Waals surface area contributed by atoms with Crippen LogP contribution in [0.5, 0.6) is 0 Å². The molecule has 0 saturated heterocycles. The molecule has 0 saturated carbocycles. The Morgan fingerprint density at radius 2 is 1.88 bits per heavy atom. The minimum absolute atomic E-state index is 0.351. The van der Waals surface area contributed by atoms with Crippen molar-refractivity contribution in [1.82, 2.24) is 9.55 Å². The van der Waals surface area contributed by atoms with Crippen LogP contribution in [-0.2, 0) is 6.54 Å². The molecule has 5 heteroatoms. The van der Waals surface area contributed by atoms with E-state index in [0.717, 1.165) is 5.56 Å². The van der Waals surface area contributed by atoms with Gasteiger partial charge in [0.1, 0.15) is 0 Å². The first-order chi connectivity index (χ1) is 8.06. The molecule has 0 unspecified atom stereocenters. The third kappa shape index (κ3) is 2.74. The quantitative estimate of drug-likeness (QED) is 0.916. The zero-order valence-corrected chi connectivity index (χ0v) is 10.8. The fourth-order valence-electron chi connectivity index (χ4n) is 1.49. The van der Waals surface area contributed by atoms with Gasteiger partial charge in [-0.1, -0.05) is 29.8 Å². The molecule has 1 heterocycles. The van der Waals surface area contributed by atoms with Crippen molar-refractivity contribution < 1.29 is 0 Å². The van der Waals surface area contributed by atoms with Crippen molar-refractivity contribution in [3.63, 3.8) is 0 Å². The average molecular weight is 295 g/mol. The van der Waals surface area contributed by atoms with Crippen LogP contribution in [0.25, 0.3) is 0 Å². The average Bonchev–Trinajstić information content (AvgIpc) is 2.29. The second kappa shape index (κ2) is 4.71. The fourth-order valence-corrected chi connectivity index (χ4v) is 1.84. The van der Waals surface area contributed by atoms with E-state index in [2.05, 4.69) is 20.9 Å². The van der Waals surface area contributed by atoms with Gasteiger partial charge in [0, 0.05) is 6.20 Å². The van der Waals surface area contributed by atoms with Crippen LogP contribution in [0.1, 0.15) is 11.1 Å². The van der Waals surface area contributed by atoms with E-state index in [9.17, 15) is 9.59 Å². The number of aromatic nitrogens is 2. The highest BCUT2D eigenvalue weighted by Gasteiger charge is 2.02. The van der Waals surface area contributed by atoms with E-state index in [0.29, 0.717) is 11.0 Å². The van der Waals surface area contributed by atoms with Crippen LogP contribution < -0.4 is 11.2 Å². The molecule has 2 rings (SSSR count). The molecule has 2 aromatic rings. The van der Waals surface area contributed by atoms with E-state index in [1.165, 1.54) is 16.3 Å². The van der Waals surface area contributed by atoms with Gasteiger partial charge in [0.05, 0.1) is 11.0 Å². The van der Waals surface area contributed by atoms with Crippen LogP contribution in [0, 0.1) is 6.92 Å². The Kier molecular flexibility index (Phi) is 3.28. The van der Waals surface area contributed by atoms with Gasteiger partial charge in [-0.3, -0.25) is 14.3 Å². The number of rotatable bonds is 2. The predicted octanol–water partition coefficient (Wildman–Crippen LogP) is 1.66. The number of hydrogen-bond donors (Lipinski definition) is 1. The highest BCUT2D eigenvalue weighted by molar-refractivity contribution is 9.10. The SMILES string of the molecule is Cc1ccc(Cn2cc(Br)c(=O)[nH]c2=O)cc1. The van der Waals surface area contributed by atoms with Crippen molar-refractivity contribution in [3.05, 3.63) is 66.9 Å². The number of nitrogens with one attached hydrogen (secondary N) is 1. The summed E-state index contributed by atoms with van der Waals surface area (Å²) in [6, 6.07) is 7.89. The van der Waals surface area contributed by atoms with Gasteiger partial charge in [0.2, 0.25) is 0 Å². The van der Waals surface area contributed by atoms with E-state index in [4.69, 9.17) is 0 Å². The topological polar surface area (TPSA) is 54.9 Å². The third-order valence-corrected chi connectivity index (χ3v) is 3.01. The number of nitrogens with zero attached hydrogens (tertiary/aromatic N) is 1. The molecule has 0 bridgehead atoms. The van der Waals surface area contributed by atoms with Gasteiger partial charge in [-0.15, -0.1) is 0 Å². The molecule has 0 radical (unpaired) electrons. The summed E-state index contributed by atoms with van der Waals surface area (Å²) in [6.45, 7) is 2.45. The van der Waals surface area contributed by atoms with Gasteiger partial charge in [-0.25, -0.2) is 4.79 Å². The maximum atomic E-state index is 11.6. The number of aromatic amines is 1. The zero-order valence-electron chi connectivity index (χ0n) is 9.24. The zero-order chi connectivity index (χ0) is 12.4. The minimum Gasteiger partial charge on any atom is -0.295 e. The highest BCUT2D eigenvalue weighted by Crippen LogP contribution is 2.05. The lowest BCUT2D eigenvalue weighted by Gasteiger charge is -2.05. The van der Waals surface area contributed by atoms with Gasteiger partial charge < -0.3 is 0 Å². The minimum atomic E-state index is -0.407. The summed E-state index contributed by atoms with van der Waals surface area (Å²) in [6.07, 6.45) is 1.50. The van der Waals surface area contributed by atoms with Crippen LogP contribution in [0.15, 0.2) is 44.5 Å². The summed E-state index contributed by atoms with van der Waals surface area (Å²) >= 11 is 3.10. The maximum absolute atomic E-state index is 11.6. The second-order valence-electron chi connectivity index (χ2n) is 3.85. The number of halogens is 1. The van der Waals surface area contributed by atoms with Gasteiger partial charge in [0.25, 0.3) is 5.56 Å². The molecule has 0 fully saturated rings. The summed E-state index contributed by atoms with van der Waals surface area (Å²) < 4.78 is 1.81. The molecule has 0 aliphatic carbocycles. The number of hydrogen-bond acceptors (Lipinski definition) is 2. The normalized spacial score (nSPS) is 10.5. The Bertz CT molecular complexity index is 641. The van der Waals surface area contributed by atoms with E-state index in [1.54, 1.807) is 0 Å². The van der Waals surface area contributed by atoms with Crippen molar-refractivity contribution >= 4 is 15.9 Å². The summed E-state index contributed by atoms with van der Waals surface area (Å²) in [4.78, 5) is 25.0. The van der Waals surface area contributed by atoms with E-state index in [-0.39, 0.29) is 0 Å². The Morgan fingerprint density at radius 1 is 1.24 bits per heavy atom. The lowest BCUT2D eigenvalue weighted by molar-refractivity contribution is 0.716. The lowest BCUT2D eigenvalue weighted by Crippen LogP contribution is -2.30. The molecular formula is C12H11BrN2O2. The smallest absolute Gasteiger partial charge is 0.295 e. The fraction of sp³-hybridized carbons (Fsp3) is 0.167. The Balaban J connectivity index is 2.36. The van der Waals surface area contributed by atoms with Gasteiger partial charge in [0.15, 0.2) is 0 Å². The molecule has 0 aliphatic rings. The summed E-state index contributed by atoms with van der Waals surface area (Å²) in [5.74, 6) is 0. The molecule has 4 nitrogen and oxygen atoms in total. The monoisotopic (exact) mass is 294 g/mol. The van der Waals surface area contributed by atoms with Gasteiger partial charge >= 0.3 is 5.69 Å². The first-order valence-corrected chi connectivity index (χ1v) is 5.90. The largest absolute Gasteiger partial charge is 0.328 e. The molecule has 1 aromatic heterocycles. The number of aryl methyl sites for hydroxylation is 1. The van der Waals surface area contributed by atoms with E-state index in [1.807, 2.05) is 31.2 Å². The predicted molar refractivity (Wildman–Crippen MR) is 69.3 cm³/mol. The standard InChI is InChI=1S/C12H11BrN2O2/c1-8-2-4-9(5-3-8)6-15-7-10(13)11(16)14-12(15)17/h2-5,7H,6H2,1H3,(H,14,16,17). The molecule has 1 N–H and O–H groups in total. The molecule has 1 aromatic carbocycles. The Hall–Kier alpha value is -1.62. The molecule has 0 atom stereocenters. The maximum Gasteiger partial charge on any atom is 0.328 e. The third-order valence-electron chi connectivity index (χ3n) is 2.44. The Labute approximate surface area is 106 Å². The van der Waals surface area contributed by atoms with Crippen LogP contribution in [-0.4, -0.2) is 9.55 Å². The molecule has 0 amide bonds. The van der Waals surface area contributed by atoms with E-state index < -0.39 is 11.2 Å². The van der Waals surface area contributed by atoms with Crippen LogP contribution in [0.2, 0.25) is 0 Å². The van der Waals surface area contributed by atoms with Crippen molar-refractivity contribution in [3.8, 4) is 0 Å². The molecule has 0 aliphatic heterocycles. The van der Waals surface area contributed by atoms with Crippen molar-refractivity contribution in [1.29, 1.82) is 0 Å². The van der Waals surface area contributed by atoms with Crippen LogP contribution in [0.4, 0.5) is 0 Å². The molecule has 88 valence electrons. The van der Waals surface area contributed by atoms with Crippen molar-refractivity contribution in [2.75, 3.05) is 0 Å². The van der Waals surface area contributed by atoms with E-state index >= 15 is 0 Å². The van der Waals surface area contributed by atoms with Crippen molar-refractivity contribution in [2.24, 2.45) is 0 Å². The van der Waals surface area contributed by atoms with Gasteiger partial charge in [-0.2, -0.15) is 0 Å². The second-order valence-corrected chi connectivity index (χ2v) is 4.70. The number of H-pyrrole nitrogens is 1. The first-order valence-electron chi connectivity index (χ1n) is 5.11. The lowest BCUT2D eigenvalue weighted by atomic mass is 10.1. The Morgan fingerprint density at radius 3 is 2.53 bits per heavy atom.